The monoisotopic (exact) mass is 339 g/mol. The fourth-order valence-corrected chi connectivity index (χ4v) is 3.65. The predicted octanol–water partition coefficient (Wildman–Crippen LogP) is 3.56. The van der Waals surface area contributed by atoms with E-state index >= 15 is 0 Å². The van der Waals surface area contributed by atoms with E-state index in [-0.39, 0.29) is 11.8 Å². The van der Waals surface area contributed by atoms with Crippen LogP contribution in [0, 0.1) is 11.3 Å². The van der Waals surface area contributed by atoms with Crippen molar-refractivity contribution in [3.8, 4) is 6.07 Å². The van der Waals surface area contributed by atoms with E-state index in [1.165, 1.54) is 11.3 Å². The van der Waals surface area contributed by atoms with E-state index in [0.717, 1.165) is 23.4 Å². The number of hydrogen-bond donors (Lipinski definition) is 1. The van der Waals surface area contributed by atoms with Gasteiger partial charge in [-0.3, -0.25) is 9.59 Å². The largest absolute Gasteiger partial charge is 0.312 e. The third-order valence-electron chi connectivity index (χ3n) is 3.97. The van der Waals surface area contributed by atoms with E-state index < -0.39 is 0 Å². The summed E-state index contributed by atoms with van der Waals surface area (Å²) in [5, 5.41) is 12.6. The quantitative estimate of drug-likeness (QED) is 0.925. The molecule has 1 aromatic heterocycles. The Balaban J connectivity index is 1.82. The number of carbonyl (C=O) groups excluding carboxylic acids is 2. The number of rotatable bonds is 4. The van der Waals surface area contributed by atoms with Gasteiger partial charge in [0.15, 0.2) is 0 Å². The second-order valence-electron chi connectivity index (χ2n) is 5.57. The molecule has 0 spiro atoms. The molecule has 1 fully saturated rings. The lowest BCUT2D eigenvalue weighted by atomic mass is 10.1. The Labute approximate surface area is 144 Å². The number of anilines is 2. The van der Waals surface area contributed by atoms with Gasteiger partial charge >= 0.3 is 0 Å². The number of carbonyl (C=O) groups is 2. The van der Waals surface area contributed by atoms with E-state index in [9.17, 15) is 14.9 Å². The summed E-state index contributed by atoms with van der Waals surface area (Å²) < 4.78 is 0. The first-order valence-electron chi connectivity index (χ1n) is 7.87. The summed E-state index contributed by atoms with van der Waals surface area (Å²) in [5.41, 5.74) is 1.70. The zero-order chi connectivity index (χ0) is 17.1. The highest BCUT2D eigenvalue weighted by atomic mass is 32.1. The Morgan fingerprint density at radius 3 is 2.92 bits per heavy atom. The van der Waals surface area contributed by atoms with Crippen molar-refractivity contribution in [2.24, 2.45) is 0 Å². The van der Waals surface area contributed by atoms with Gasteiger partial charge in [0.2, 0.25) is 5.91 Å². The molecule has 0 radical (unpaired) electrons. The molecule has 2 aromatic rings. The van der Waals surface area contributed by atoms with Crippen LogP contribution in [0.25, 0.3) is 0 Å². The molecule has 0 saturated carbocycles. The summed E-state index contributed by atoms with van der Waals surface area (Å²) in [6, 6.07) is 11.0. The summed E-state index contributed by atoms with van der Waals surface area (Å²) in [4.78, 5) is 27.1. The fraction of sp³-hybridized carbons (Fsp3) is 0.278. The second-order valence-corrected chi connectivity index (χ2v) is 6.71. The Morgan fingerprint density at radius 2 is 2.25 bits per heavy atom. The molecule has 122 valence electrons. The lowest BCUT2D eigenvalue weighted by Gasteiger charge is -2.16. The smallest absolute Gasteiger partial charge is 0.256 e. The SMILES string of the molecule is CCc1cc(C#N)c(NC(=O)c2cccc(N3CCCC3=O)c2)s1. The van der Waals surface area contributed by atoms with Gasteiger partial charge in [0, 0.05) is 29.1 Å². The first-order valence-corrected chi connectivity index (χ1v) is 8.68. The van der Waals surface area contributed by atoms with Gasteiger partial charge in [-0.2, -0.15) is 5.26 Å². The highest BCUT2D eigenvalue weighted by Crippen LogP contribution is 2.29. The zero-order valence-electron chi connectivity index (χ0n) is 13.3. The van der Waals surface area contributed by atoms with Crippen LogP contribution in [-0.4, -0.2) is 18.4 Å². The first kappa shape index (κ1) is 16.2. The van der Waals surface area contributed by atoms with Crippen LogP contribution in [0.1, 0.15) is 40.6 Å². The third-order valence-corrected chi connectivity index (χ3v) is 5.17. The normalized spacial score (nSPS) is 13.8. The molecule has 3 rings (SSSR count). The summed E-state index contributed by atoms with van der Waals surface area (Å²) in [6.07, 6.45) is 2.22. The molecule has 0 atom stereocenters. The molecule has 6 heteroatoms. The number of hydrogen-bond acceptors (Lipinski definition) is 4. The predicted molar refractivity (Wildman–Crippen MR) is 94.4 cm³/mol. The van der Waals surface area contributed by atoms with Crippen molar-refractivity contribution in [1.29, 1.82) is 5.26 Å². The van der Waals surface area contributed by atoms with Crippen molar-refractivity contribution >= 4 is 33.8 Å². The number of amides is 2. The molecule has 0 aliphatic carbocycles. The van der Waals surface area contributed by atoms with Gasteiger partial charge in [-0.05, 0) is 37.1 Å². The maximum atomic E-state index is 12.5. The zero-order valence-corrected chi connectivity index (χ0v) is 14.2. The maximum absolute atomic E-state index is 12.5. The summed E-state index contributed by atoms with van der Waals surface area (Å²) >= 11 is 1.42. The average molecular weight is 339 g/mol. The average Bonchev–Trinajstić information content (AvgIpc) is 3.20. The van der Waals surface area contributed by atoms with Gasteiger partial charge < -0.3 is 10.2 Å². The molecule has 24 heavy (non-hydrogen) atoms. The summed E-state index contributed by atoms with van der Waals surface area (Å²) in [5.74, 6) is -0.185. The maximum Gasteiger partial charge on any atom is 0.256 e. The standard InChI is InChI=1S/C18H17N3O2S/c1-2-15-10-13(11-19)18(24-15)20-17(23)12-5-3-6-14(9-12)21-8-4-7-16(21)22/h3,5-6,9-10H,2,4,7-8H2,1H3,(H,20,23). The minimum atomic E-state index is -0.274. The molecule has 0 unspecified atom stereocenters. The van der Waals surface area contributed by atoms with Crippen LogP contribution in [0.3, 0.4) is 0 Å². The van der Waals surface area contributed by atoms with Crippen molar-refractivity contribution in [2.45, 2.75) is 26.2 Å². The van der Waals surface area contributed by atoms with Crippen LogP contribution in [0.15, 0.2) is 30.3 Å². The summed E-state index contributed by atoms with van der Waals surface area (Å²) in [6.45, 7) is 2.70. The Morgan fingerprint density at radius 1 is 1.42 bits per heavy atom. The first-order chi connectivity index (χ1) is 11.6. The molecular formula is C18H17N3O2S. The fourth-order valence-electron chi connectivity index (χ4n) is 2.70. The molecule has 1 saturated heterocycles. The van der Waals surface area contributed by atoms with Gasteiger partial charge in [-0.15, -0.1) is 11.3 Å². The van der Waals surface area contributed by atoms with Crippen LogP contribution >= 0.6 is 11.3 Å². The van der Waals surface area contributed by atoms with Gasteiger partial charge in [-0.25, -0.2) is 0 Å². The molecule has 1 aliphatic heterocycles. The number of benzene rings is 1. The van der Waals surface area contributed by atoms with Gasteiger partial charge in [0.25, 0.3) is 5.91 Å². The minimum Gasteiger partial charge on any atom is -0.312 e. The number of nitrogens with one attached hydrogen (secondary N) is 1. The molecule has 1 aromatic carbocycles. The lowest BCUT2D eigenvalue weighted by Crippen LogP contribution is -2.24. The lowest BCUT2D eigenvalue weighted by molar-refractivity contribution is -0.117. The topological polar surface area (TPSA) is 73.2 Å². The van der Waals surface area contributed by atoms with Gasteiger partial charge in [0.1, 0.15) is 11.1 Å². The van der Waals surface area contributed by atoms with Crippen LogP contribution < -0.4 is 10.2 Å². The number of thiophene rings is 1. The number of nitrogens with zero attached hydrogens (tertiary/aromatic N) is 2. The molecule has 2 heterocycles. The highest BCUT2D eigenvalue weighted by Gasteiger charge is 2.22. The van der Waals surface area contributed by atoms with Crippen molar-refractivity contribution in [2.75, 3.05) is 16.8 Å². The van der Waals surface area contributed by atoms with E-state index in [0.29, 0.717) is 29.1 Å². The van der Waals surface area contributed by atoms with E-state index in [1.54, 1.807) is 29.2 Å². The van der Waals surface area contributed by atoms with Crippen molar-refractivity contribution in [3.05, 3.63) is 46.3 Å². The molecule has 1 N–H and O–H groups in total. The highest BCUT2D eigenvalue weighted by molar-refractivity contribution is 7.16. The van der Waals surface area contributed by atoms with Crippen LogP contribution in [0.2, 0.25) is 0 Å². The molecule has 2 amide bonds. The molecular weight excluding hydrogens is 322 g/mol. The van der Waals surface area contributed by atoms with Gasteiger partial charge in [-0.1, -0.05) is 13.0 Å². The summed E-state index contributed by atoms with van der Waals surface area (Å²) in [7, 11) is 0. The Bertz CT molecular complexity index is 835. The van der Waals surface area contributed by atoms with Crippen molar-refractivity contribution < 1.29 is 9.59 Å². The number of nitriles is 1. The van der Waals surface area contributed by atoms with Crippen LogP contribution in [-0.2, 0) is 11.2 Å². The van der Waals surface area contributed by atoms with E-state index in [1.807, 2.05) is 13.0 Å². The molecule has 0 bridgehead atoms. The van der Waals surface area contributed by atoms with E-state index in [4.69, 9.17) is 0 Å². The Hall–Kier alpha value is -2.65. The third kappa shape index (κ3) is 3.17. The minimum absolute atomic E-state index is 0.0881. The molecule has 1 aliphatic rings. The Kier molecular flexibility index (Phi) is 4.63. The molecule has 5 nitrogen and oxygen atoms in total. The second kappa shape index (κ2) is 6.85. The van der Waals surface area contributed by atoms with Crippen molar-refractivity contribution in [1.82, 2.24) is 0 Å². The van der Waals surface area contributed by atoms with Crippen LogP contribution in [0.5, 0.6) is 0 Å². The van der Waals surface area contributed by atoms with Gasteiger partial charge in [0.05, 0.1) is 5.56 Å². The van der Waals surface area contributed by atoms with Crippen molar-refractivity contribution in [3.63, 3.8) is 0 Å². The van der Waals surface area contributed by atoms with Crippen LogP contribution in [0.4, 0.5) is 10.7 Å². The number of aryl methyl sites for hydroxylation is 1. The van der Waals surface area contributed by atoms with E-state index in [2.05, 4.69) is 11.4 Å².